The Balaban J connectivity index is 2.17. The van der Waals surface area contributed by atoms with Gasteiger partial charge in [0.1, 0.15) is 0 Å². The molecule has 0 aromatic carbocycles. The minimum atomic E-state index is -0.934. The van der Waals surface area contributed by atoms with Crippen molar-refractivity contribution in [2.24, 2.45) is 5.73 Å². The smallest absolute Gasteiger partial charge is 0.303 e. The Morgan fingerprint density at radius 3 is 2.33 bits per heavy atom. The maximum atomic E-state index is 11.3. The Bertz CT molecular complexity index is 235. The van der Waals surface area contributed by atoms with Gasteiger partial charge in [0.25, 0.3) is 0 Å². The fraction of sp³-hybridized carbons (Fsp3) is 0.800. The van der Waals surface area contributed by atoms with Gasteiger partial charge in [-0.1, -0.05) is 0 Å². The molecule has 0 saturated heterocycles. The molecular formula is C10H18N2O3. The Hall–Kier alpha value is -1.10. The molecule has 0 unspecified atom stereocenters. The number of carbonyl (C=O) groups excluding carboxylic acids is 1. The SMILES string of the molecule is NC1CCC(NC(=O)CCC(=O)O)CC1. The van der Waals surface area contributed by atoms with Crippen molar-refractivity contribution in [2.75, 3.05) is 0 Å². The Kier molecular flexibility index (Phi) is 4.55. The van der Waals surface area contributed by atoms with Crippen LogP contribution in [0.1, 0.15) is 38.5 Å². The average Bonchev–Trinajstić information content (AvgIpc) is 2.19. The van der Waals surface area contributed by atoms with Crippen molar-refractivity contribution in [3.63, 3.8) is 0 Å². The van der Waals surface area contributed by atoms with Gasteiger partial charge in [-0.3, -0.25) is 9.59 Å². The van der Waals surface area contributed by atoms with Crippen molar-refractivity contribution in [3.05, 3.63) is 0 Å². The van der Waals surface area contributed by atoms with Crippen molar-refractivity contribution in [2.45, 2.75) is 50.6 Å². The van der Waals surface area contributed by atoms with Crippen molar-refractivity contribution in [1.82, 2.24) is 5.32 Å². The van der Waals surface area contributed by atoms with E-state index in [4.69, 9.17) is 10.8 Å². The number of aliphatic carboxylic acids is 1. The fourth-order valence-electron chi connectivity index (χ4n) is 1.78. The van der Waals surface area contributed by atoms with Crippen LogP contribution < -0.4 is 11.1 Å². The van der Waals surface area contributed by atoms with Crippen molar-refractivity contribution < 1.29 is 14.7 Å². The lowest BCUT2D eigenvalue weighted by atomic mass is 9.92. The van der Waals surface area contributed by atoms with Crippen LogP contribution in [0.15, 0.2) is 0 Å². The van der Waals surface area contributed by atoms with E-state index in [1.165, 1.54) is 0 Å². The van der Waals surface area contributed by atoms with E-state index in [1.54, 1.807) is 0 Å². The molecular weight excluding hydrogens is 196 g/mol. The number of carbonyl (C=O) groups is 2. The van der Waals surface area contributed by atoms with E-state index in [0.29, 0.717) is 0 Å². The second-order valence-corrected chi connectivity index (χ2v) is 4.07. The van der Waals surface area contributed by atoms with Gasteiger partial charge < -0.3 is 16.2 Å². The van der Waals surface area contributed by atoms with E-state index in [9.17, 15) is 9.59 Å². The summed E-state index contributed by atoms with van der Waals surface area (Å²) in [4.78, 5) is 21.5. The number of rotatable bonds is 4. The van der Waals surface area contributed by atoms with E-state index in [1.807, 2.05) is 0 Å². The van der Waals surface area contributed by atoms with Gasteiger partial charge in [-0.25, -0.2) is 0 Å². The van der Waals surface area contributed by atoms with E-state index in [2.05, 4.69) is 5.32 Å². The predicted molar refractivity (Wildman–Crippen MR) is 55.2 cm³/mol. The lowest BCUT2D eigenvalue weighted by Crippen LogP contribution is -2.40. The minimum absolute atomic E-state index is 0.0673. The molecule has 5 heteroatoms. The summed E-state index contributed by atoms with van der Waals surface area (Å²) in [5.41, 5.74) is 5.74. The first kappa shape index (κ1) is 12.0. The lowest BCUT2D eigenvalue weighted by Gasteiger charge is -2.26. The molecule has 0 aromatic heterocycles. The van der Waals surface area contributed by atoms with Crippen LogP contribution in [0.5, 0.6) is 0 Å². The van der Waals surface area contributed by atoms with E-state index in [0.717, 1.165) is 25.7 Å². The van der Waals surface area contributed by atoms with Gasteiger partial charge in [0.15, 0.2) is 0 Å². The van der Waals surface area contributed by atoms with Gasteiger partial charge >= 0.3 is 5.97 Å². The number of carboxylic acids is 1. The third-order valence-electron chi connectivity index (χ3n) is 2.70. The van der Waals surface area contributed by atoms with Crippen molar-refractivity contribution >= 4 is 11.9 Å². The normalized spacial score (nSPS) is 25.9. The first-order valence-corrected chi connectivity index (χ1v) is 5.34. The summed E-state index contributed by atoms with van der Waals surface area (Å²) in [5.74, 6) is -1.10. The zero-order chi connectivity index (χ0) is 11.3. The maximum Gasteiger partial charge on any atom is 0.303 e. The molecule has 1 aliphatic rings. The summed E-state index contributed by atoms with van der Waals surface area (Å²) in [6, 6.07) is 0.447. The van der Waals surface area contributed by atoms with Gasteiger partial charge in [-0.2, -0.15) is 0 Å². The molecule has 0 spiro atoms. The van der Waals surface area contributed by atoms with Crippen LogP contribution in [-0.4, -0.2) is 29.1 Å². The molecule has 5 nitrogen and oxygen atoms in total. The quantitative estimate of drug-likeness (QED) is 0.625. The molecule has 0 heterocycles. The van der Waals surface area contributed by atoms with Crippen LogP contribution in [0.3, 0.4) is 0 Å². The van der Waals surface area contributed by atoms with Crippen LogP contribution in [0.25, 0.3) is 0 Å². The largest absolute Gasteiger partial charge is 0.481 e. The van der Waals surface area contributed by atoms with Gasteiger partial charge in [0.2, 0.25) is 5.91 Å². The molecule has 0 aliphatic heterocycles. The van der Waals surface area contributed by atoms with Gasteiger partial charge in [0, 0.05) is 18.5 Å². The molecule has 0 atom stereocenters. The third-order valence-corrected chi connectivity index (χ3v) is 2.70. The number of carboxylic acid groups (broad SMARTS) is 1. The first-order chi connectivity index (χ1) is 7.08. The summed E-state index contributed by atoms with van der Waals surface area (Å²) >= 11 is 0. The minimum Gasteiger partial charge on any atom is -0.481 e. The van der Waals surface area contributed by atoms with Crippen molar-refractivity contribution in [1.29, 1.82) is 0 Å². The van der Waals surface area contributed by atoms with Crippen LogP contribution in [-0.2, 0) is 9.59 Å². The fourth-order valence-corrected chi connectivity index (χ4v) is 1.78. The second kappa shape index (κ2) is 5.70. The predicted octanol–water partition coefficient (Wildman–Crippen LogP) is 0.237. The first-order valence-electron chi connectivity index (χ1n) is 5.34. The molecule has 1 amide bonds. The zero-order valence-corrected chi connectivity index (χ0v) is 8.74. The number of amides is 1. The summed E-state index contributed by atoms with van der Waals surface area (Å²) < 4.78 is 0. The standard InChI is InChI=1S/C10H18N2O3/c11-7-1-3-8(4-2-7)12-9(13)5-6-10(14)15/h7-8H,1-6,11H2,(H,12,13)(H,14,15). The summed E-state index contributed by atoms with van der Waals surface area (Å²) in [5, 5.41) is 11.2. The molecule has 0 aromatic rings. The number of nitrogens with two attached hydrogens (primary N) is 1. The molecule has 4 N–H and O–H groups in total. The van der Waals surface area contributed by atoms with Crippen LogP contribution in [0, 0.1) is 0 Å². The highest BCUT2D eigenvalue weighted by Gasteiger charge is 2.19. The monoisotopic (exact) mass is 214 g/mol. The number of hydrogen-bond acceptors (Lipinski definition) is 3. The average molecular weight is 214 g/mol. The molecule has 1 aliphatic carbocycles. The molecule has 1 fully saturated rings. The van der Waals surface area contributed by atoms with Crippen LogP contribution >= 0.6 is 0 Å². The maximum absolute atomic E-state index is 11.3. The highest BCUT2D eigenvalue weighted by molar-refractivity contribution is 5.80. The van der Waals surface area contributed by atoms with Gasteiger partial charge in [-0.05, 0) is 25.7 Å². The van der Waals surface area contributed by atoms with E-state index >= 15 is 0 Å². The molecule has 0 bridgehead atoms. The molecule has 15 heavy (non-hydrogen) atoms. The lowest BCUT2D eigenvalue weighted by molar-refractivity contribution is -0.139. The van der Waals surface area contributed by atoms with Gasteiger partial charge in [-0.15, -0.1) is 0 Å². The van der Waals surface area contributed by atoms with Crippen molar-refractivity contribution in [3.8, 4) is 0 Å². The Labute approximate surface area is 89.0 Å². The van der Waals surface area contributed by atoms with E-state index in [-0.39, 0.29) is 30.8 Å². The van der Waals surface area contributed by atoms with Crippen LogP contribution in [0.4, 0.5) is 0 Å². The topological polar surface area (TPSA) is 92.4 Å². The van der Waals surface area contributed by atoms with Gasteiger partial charge in [0.05, 0.1) is 6.42 Å². The van der Waals surface area contributed by atoms with Crippen LogP contribution in [0.2, 0.25) is 0 Å². The number of hydrogen-bond donors (Lipinski definition) is 3. The zero-order valence-electron chi connectivity index (χ0n) is 8.74. The Morgan fingerprint density at radius 2 is 1.80 bits per heavy atom. The highest BCUT2D eigenvalue weighted by atomic mass is 16.4. The number of nitrogens with one attached hydrogen (secondary N) is 1. The van der Waals surface area contributed by atoms with E-state index < -0.39 is 5.97 Å². The molecule has 86 valence electrons. The Morgan fingerprint density at radius 1 is 1.20 bits per heavy atom. The summed E-state index contributed by atoms with van der Waals surface area (Å²) in [6.45, 7) is 0. The molecule has 1 saturated carbocycles. The summed E-state index contributed by atoms with van der Waals surface area (Å²) in [6.07, 6.45) is 3.64. The second-order valence-electron chi connectivity index (χ2n) is 4.07. The highest BCUT2D eigenvalue weighted by Crippen LogP contribution is 2.16. The summed E-state index contributed by atoms with van der Waals surface area (Å²) in [7, 11) is 0. The molecule has 0 radical (unpaired) electrons. The molecule has 1 rings (SSSR count). The third kappa shape index (κ3) is 4.78.